The predicted octanol–water partition coefficient (Wildman–Crippen LogP) is -2.12. The molecular formula is C6H8N3O+. The van der Waals surface area contributed by atoms with Gasteiger partial charge in [0.1, 0.15) is 12.7 Å². The fourth-order valence-corrected chi connectivity index (χ4v) is 1.13. The molecule has 10 heavy (non-hydrogen) atoms. The standard InChI is InChI=1S/C6H7N3O/c10-6-4-9-2-1-7-5(9)3-8-6/h1-2H,3-4H2,(H,8,10)/p+1. The smallest absolute Gasteiger partial charge is 0.276 e. The number of aliphatic imine (C=N–C) groups is 1. The van der Waals surface area contributed by atoms with E-state index in [2.05, 4.69) is 10.3 Å². The van der Waals surface area contributed by atoms with Crippen molar-refractivity contribution < 1.29 is 9.69 Å². The van der Waals surface area contributed by atoms with E-state index in [1.807, 2.05) is 6.20 Å². The first-order valence-corrected chi connectivity index (χ1v) is 3.22. The largest absolute Gasteiger partial charge is 0.340 e. The molecule has 1 saturated heterocycles. The third-order valence-corrected chi connectivity index (χ3v) is 1.68. The minimum atomic E-state index is 0.0977. The van der Waals surface area contributed by atoms with Crippen LogP contribution in [0.1, 0.15) is 0 Å². The van der Waals surface area contributed by atoms with Gasteiger partial charge in [-0.05, 0) is 0 Å². The minimum absolute atomic E-state index is 0.0977. The third kappa shape index (κ3) is 0.733. The van der Waals surface area contributed by atoms with E-state index >= 15 is 0 Å². The van der Waals surface area contributed by atoms with Gasteiger partial charge in [-0.25, -0.2) is 4.99 Å². The van der Waals surface area contributed by atoms with Crippen LogP contribution in [0.4, 0.5) is 0 Å². The van der Waals surface area contributed by atoms with Gasteiger partial charge in [0.05, 0.1) is 6.20 Å². The topological polar surface area (TPSA) is 45.9 Å². The Morgan fingerprint density at radius 3 is 3.50 bits per heavy atom. The van der Waals surface area contributed by atoms with Gasteiger partial charge >= 0.3 is 0 Å². The van der Waals surface area contributed by atoms with E-state index in [0.717, 1.165) is 10.7 Å². The van der Waals surface area contributed by atoms with E-state index in [9.17, 15) is 4.79 Å². The number of carbonyl (C=O) groups excluding carboxylic acids is 1. The number of nitrogens with one attached hydrogen (secondary N) is 2. The molecule has 1 unspecified atom stereocenters. The van der Waals surface area contributed by atoms with E-state index < -0.39 is 0 Å². The van der Waals surface area contributed by atoms with Gasteiger partial charge in [-0.1, -0.05) is 0 Å². The van der Waals surface area contributed by atoms with Gasteiger partial charge in [-0.15, -0.1) is 0 Å². The van der Waals surface area contributed by atoms with Gasteiger partial charge in [-0.2, -0.15) is 0 Å². The van der Waals surface area contributed by atoms with Crippen molar-refractivity contribution in [3.05, 3.63) is 12.4 Å². The van der Waals surface area contributed by atoms with Crippen molar-refractivity contribution in [1.82, 2.24) is 5.32 Å². The first kappa shape index (κ1) is 5.61. The van der Waals surface area contributed by atoms with E-state index in [1.54, 1.807) is 6.20 Å². The average Bonchev–Trinajstić information content (AvgIpc) is 2.33. The van der Waals surface area contributed by atoms with Crippen molar-refractivity contribution in [3.8, 4) is 0 Å². The highest BCUT2D eigenvalue weighted by Gasteiger charge is 2.26. The van der Waals surface area contributed by atoms with Gasteiger partial charge in [0.25, 0.3) is 5.91 Å². The molecule has 2 rings (SSSR count). The van der Waals surface area contributed by atoms with Crippen LogP contribution in [0.25, 0.3) is 0 Å². The zero-order chi connectivity index (χ0) is 6.97. The van der Waals surface area contributed by atoms with Crippen LogP contribution in [-0.4, -0.2) is 24.8 Å². The molecule has 0 aliphatic carbocycles. The Bertz CT molecular complexity index is 231. The molecule has 0 saturated carbocycles. The van der Waals surface area contributed by atoms with Crippen LogP contribution < -0.4 is 10.2 Å². The lowest BCUT2D eigenvalue weighted by atomic mass is 10.3. The Morgan fingerprint density at radius 2 is 2.60 bits per heavy atom. The number of rotatable bonds is 0. The highest BCUT2D eigenvalue weighted by atomic mass is 16.2. The van der Waals surface area contributed by atoms with Crippen molar-refractivity contribution in [3.63, 3.8) is 0 Å². The number of hydrogen-bond donors (Lipinski definition) is 2. The lowest BCUT2D eigenvalue weighted by Crippen LogP contribution is -3.13. The molecule has 2 heterocycles. The number of amides is 1. The van der Waals surface area contributed by atoms with Crippen LogP contribution in [0.15, 0.2) is 17.4 Å². The molecule has 2 N–H and O–H groups in total. The number of amidine groups is 1. The summed E-state index contributed by atoms with van der Waals surface area (Å²) in [6.45, 7) is 1.09. The molecule has 4 nitrogen and oxygen atoms in total. The summed E-state index contributed by atoms with van der Waals surface area (Å²) in [6.07, 6.45) is 3.64. The molecule has 0 spiro atoms. The number of fused-ring (bicyclic) bond motifs is 1. The fourth-order valence-electron chi connectivity index (χ4n) is 1.13. The number of carbonyl (C=O) groups is 1. The van der Waals surface area contributed by atoms with Crippen molar-refractivity contribution in [2.75, 3.05) is 13.1 Å². The second-order valence-corrected chi connectivity index (χ2v) is 2.37. The molecule has 52 valence electrons. The van der Waals surface area contributed by atoms with Crippen molar-refractivity contribution in [2.45, 2.75) is 0 Å². The molecule has 1 atom stereocenters. The third-order valence-electron chi connectivity index (χ3n) is 1.68. The quantitative estimate of drug-likeness (QED) is 0.395. The Kier molecular flexibility index (Phi) is 1.07. The molecule has 0 radical (unpaired) electrons. The zero-order valence-electron chi connectivity index (χ0n) is 5.42. The summed E-state index contributed by atoms with van der Waals surface area (Å²) in [4.78, 5) is 15.9. The second-order valence-electron chi connectivity index (χ2n) is 2.37. The summed E-state index contributed by atoms with van der Waals surface area (Å²) in [5.41, 5.74) is 0. The predicted molar refractivity (Wildman–Crippen MR) is 35.4 cm³/mol. The maximum atomic E-state index is 10.8. The average molecular weight is 138 g/mol. The van der Waals surface area contributed by atoms with Gasteiger partial charge in [0.2, 0.25) is 5.84 Å². The first-order valence-electron chi connectivity index (χ1n) is 3.22. The van der Waals surface area contributed by atoms with E-state index in [4.69, 9.17) is 0 Å². The van der Waals surface area contributed by atoms with Crippen molar-refractivity contribution in [1.29, 1.82) is 0 Å². The molecule has 0 aromatic heterocycles. The number of quaternary nitrogens is 1. The van der Waals surface area contributed by atoms with Crippen molar-refractivity contribution >= 4 is 11.7 Å². The van der Waals surface area contributed by atoms with E-state index in [1.165, 1.54) is 0 Å². The molecule has 1 amide bonds. The summed E-state index contributed by atoms with van der Waals surface area (Å²) >= 11 is 0. The Balaban J connectivity index is 2.19. The SMILES string of the molecule is O=C1C[NH+]2C=CN=C2CN1. The summed E-state index contributed by atoms with van der Waals surface area (Å²) in [7, 11) is 0. The Labute approximate surface area is 58.2 Å². The van der Waals surface area contributed by atoms with Gasteiger partial charge in [-0.3, -0.25) is 9.69 Å². The molecule has 2 aliphatic heterocycles. The lowest BCUT2D eigenvalue weighted by molar-refractivity contribution is -0.737. The highest BCUT2D eigenvalue weighted by Crippen LogP contribution is 1.83. The molecule has 0 aromatic rings. The minimum Gasteiger partial charge on any atom is -0.340 e. The lowest BCUT2D eigenvalue weighted by Gasteiger charge is -2.17. The summed E-state index contributed by atoms with van der Waals surface area (Å²) < 4.78 is 0. The van der Waals surface area contributed by atoms with Crippen LogP contribution in [0.3, 0.4) is 0 Å². The monoisotopic (exact) mass is 138 g/mol. The van der Waals surface area contributed by atoms with Crippen LogP contribution in [0.5, 0.6) is 0 Å². The maximum absolute atomic E-state index is 10.8. The van der Waals surface area contributed by atoms with E-state index in [0.29, 0.717) is 13.1 Å². The van der Waals surface area contributed by atoms with Crippen molar-refractivity contribution in [2.24, 2.45) is 4.99 Å². The summed E-state index contributed by atoms with van der Waals surface area (Å²) in [5, 5.41) is 2.72. The van der Waals surface area contributed by atoms with Gasteiger partial charge in [0, 0.05) is 0 Å². The Hall–Kier alpha value is -1.16. The summed E-state index contributed by atoms with van der Waals surface area (Å²) in [5.74, 6) is 1.11. The maximum Gasteiger partial charge on any atom is 0.276 e. The van der Waals surface area contributed by atoms with E-state index in [-0.39, 0.29) is 5.91 Å². The molecule has 1 fully saturated rings. The van der Waals surface area contributed by atoms with Crippen LogP contribution in [-0.2, 0) is 4.79 Å². The van der Waals surface area contributed by atoms with Crippen LogP contribution >= 0.6 is 0 Å². The summed E-state index contributed by atoms with van der Waals surface area (Å²) in [6, 6.07) is 0. The zero-order valence-corrected chi connectivity index (χ0v) is 5.42. The first-order chi connectivity index (χ1) is 4.86. The molecule has 4 heteroatoms. The number of piperazine rings is 1. The molecule has 0 aromatic carbocycles. The normalized spacial score (nSPS) is 29.4. The molecule has 0 bridgehead atoms. The second kappa shape index (κ2) is 1.91. The number of nitrogens with zero attached hydrogens (tertiary/aromatic N) is 1. The molecular weight excluding hydrogens is 130 g/mol. The number of hydrogen-bond acceptors (Lipinski definition) is 2. The van der Waals surface area contributed by atoms with Gasteiger partial charge in [0.15, 0.2) is 6.54 Å². The highest BCUT2D eigenvalue weighted by molar-refractivity contribution is 5.89. The fraction of sp³-hybridized carbons (Fsp3) is 0.333. The van der Waals surface area contributed by atoms with Crippen LogP contribution in [0.2, 0.25) is 0 Å². The Morgan fingerprint density at radius 1 is 1.70 bits per heavy atom. The molecule has 2 aliphatic rings. The van der Waals surface area contributed by atoms with Crippen LogP contribution in [0, 0.1) is 0 Å². The van der Waals surface area contributed by atoms with Gasteiger partial charge < -0.3 is 5.32 Å².